The van der Waals surface area contributed by atoms with E-state index in [-0.39, 0.29) is 11.5 Å². The number of anilines is 1. The molecule has 3 aromatic carbocycles. The molecule has 0 N–H and O–H groups in total. The van der Waals surface area contributed by atoms with Gasteiger partial charge in [0.1, 0.15) is 12.1 Å². The zero-order valence-electron chi connectivity index (χ0n) is 20.1. The predicted molar refractivity (Wildman–Crippen MR) is 141 cm³/mol. The summed E-state index contributed by atoms with van der Waals surface area (Å²) in [7, 11) is 0. The van der Waals surface area contributed by atoms with Crippen LogP contribution in [0.25, 0.3) is 17.1 Å². The monoisotopic (exact) mass is 556 g/mol. The highest BCUT2D eigenvalue weighted by atomic mass is 32.2. The fraction of sp³-hybridized carbons (Fsp3) is 0.154. The van der Waals surface area contributed by atoms with Crippen molar-refractivity contribution < 1.29 is 27.4 Å². The number of rotatable bonds is 7. The maximum Gasteiger partial charge on any atom is 0.573 e. The summed E-state index contributed by atoms with van der Waals surface area (Å²) in [6.45, 7) is 0.668. The van der Waals surface area contributed by atoms with E-state index in [4.69, 9.17) is 0 Å². The van der Waals surface area contributed by atoms with E-state index in [0.29, 0.717) is 28.9 Å². The second-order valence-electron chi connectivity index (χ2n) is 8.20. The molecule has 1 fully saturated rings. The van der Waals surface area contributed by atoms with Gasteiger partial charge in [0.15, 0.2) is 16.7 Å². The number of ether oxygens (including phenoxy) is 1. The maximum atomic E-state index is 13.0. The first-order valence-corrected chi connectivity index (χ1v) is 12.7. The van der Waals surface area contributed by atoms with E-state index in [2.05, 4.69) is 30.0 Å². The third-order valence-corrected chi connectivity index (χ3v) is 6.63. The lowest BCUT2D eigenvalue weighted by molar-refractivity contribution is -0.274. The van der Waals surface area contributed by atoms with Crippen molar-refractivity contribution in [1.82, 2.24) is 14.8 Å². The number of hydrogen-bond acceptors (Lipinski definition) is 7. The lowest BCUT2D eigenvalue weighted by Crippen LogP contribution is -2.34. The molecule has 1 saturated heterocycles. The Kier molecular flexibility index (Phi) is 7.77. The molecule has 13 heteroatoms. The maximum absolute atomic E-state index is 13.0. The fourth-order valence-corrected chi connectivity index (χ4v) is 4.70. The average molecular weight is 557 g/mol. The normalized spacial score (nSPS) is 15.2. The van der Waals surface area contributed by atoms with E-state index in [1.165, 1.54) is 47.0 Å². The topological polar surface area (TPSA) is 77.1 Å². The third kappa shape index (κ3) is 6.55. The van der Waals surface area contributed by atoms with Crippen LogP contribution in [0.15, 0.2) is 89.3 Å². The van der Waals surface area contributed by atoms with E-state index in [9.17, 15) is 17.7 Å². The Morgan fingerprint density at radius 3 is 2.49 bits per heavy atom. The van der Waals surface area contributed by atoms with Crippen molar-refractivity contribution in [3.8, 4) is 28.6 Å². The molecule has 0 aliphatic carbocycles. The van der Waals surface area contributed by atoms with Crippen LogP contribution in [0, 0.1) is 0 Å². The molecule has 4 aromatic rings. The van der Waals surface area contributed by atoms with Crippen LogP contribution in [0.2, 0.25) is 0 Å². The van der Waals surface area contributed by atoms with Crippen LogP contribution in [-0.4, -0.2) is 44.8 Å². The number of amidine groups is 1. The summed E-state index contributed by atoms with van der Waals surface area (Å²) in [5.74, 6) is 1.12. The van der Waals surface area contributed by atoms with Gasteiger partial charge >= 0.3 is 6.36 Å². The zero-order valence-corrected chi connectivity index (χ0v) is 20.9. The van der Waals surface area contributed by atoms with Gasteiger partial charge in [-0.05, 0) is 48.4 Å². The van der Waals surface area contributed by atoms with Crippen LogP contribution in [0.3, 0.4) is 0 Å². The third-order valence-electron chi connectivity index (χ3n) is 5.57. The molecule has 1 aromatic heterocycles. The van der Waals surface area contributed by atoms with E-state index in [0.717, 1.165) is 23.3 Å². The molecular formula is C26H20F4N6O2S. The fourth-order valence-electron chi connectivity index (χ4n) is 3.79. The van der Waals surface area contributed by atoms with Gasteiger partial charge in [0.05, 0.1) is 17.6 Å². The summed E-state index contributed by atoms with van der Waals surface area (Å²) in [5, 5.41) is 13.6. The van der Waals surface area contributed by atoms with Gasteiger partial charge in [0.25, 0.3) is 0 Å². The highest BCUT2D eigenvalue weighted by Gasteiger charge is 2.31. The summed E-state index contributed by atoms with van der Waals surface area (Å²) in [4.78, 5) is 10.2. The summed E-state index contributed by atoms with van der Waals surface area (Å²) in [6, 6.07) is 19.5. The van der Waals surface area contributed by atoms with E-state index < -0.39 is 6.36 Å². The van der Waals surface area contributed by atoms with Crippen molar-refractivity contribution in [3.05, 3.63) is 84.7 Å². The summed E-state index contributed by atoms with van der Waals surface area (Å²) >= 11 is 1.53. The number of nitrogens with zero attached hydrogens (tertiary/aromatic N) is 6. The Morgan fingerprint density at radius 2 is 1.74 bits per heavy atom. The standard InChI is InChI=1S/C26H20F4N6O2S/c27-26(28,29)37-21-12-10-20(11-13-21)36-17-31-24(34-36)19-8-6-18(7-9-19)16-32-33-25-35(14-3-15-39-25)22-4-1-2-5-23(22)38-30/h1-2,4-13,16-17H,3,14-15H2/b32-16+,33-25-. The van der Waals surface area contributed by atoms with Crippen molar-refractivity contribution in [2.45, 2.75) is 12.8 Å². The Labute approximate surface area is 224 Å². The molecule has 0 spiro atoms. The number of para-hydroxylation sites is 2. The number of halogens is 4. The first-order chi connectivity index (χ1) is 18.9. The number of alkyl halides is 3. The van der Waals surface area contributed by atoms with Crippen LogP contribution in [0.5, 0.6) is 11.5 Å². The molecule has 0 atom stereocenters. The van der Waals surface area contributed by atoms with E-state index in [1.54, 1.807) is 30.5 Å². The molecule has 0 saturated carbocycles. The minimum absolute atomic E-state index is 0.121. The van der Waals surface area contributed by atoms with E-state index >= 15 is 0 Å². The van der Waals surface area contributed by atoms with Gasteiger partial charge in [0.2, 0.25) is 0 Å². The minimum atomic E-state index is -4.75. The first kappa shape index (κ1) is 26.2. The molecule has 39 heavy (non-hydrogen) atoms. The highest BCUT2D eigenvalue weighted by molar-refractivity contribution is 8.14. The van der Waals surface area contributed by atoms with Crippen LogP contribution in [-0.2, 0) is 0 Å². The van der Waals surface area contributed by atoms with Crippen LogP contribution in [0.4, 0.5) is 23.4 Å². The molecule has 0 amide bonds. The van der Waals surface area contributed by atoms with Gasteiger partial charge < -0.3 is 9.64 Å². The Bertz CT molecular complexity index is 1470. The largest absolute Gasteiger partial charge is 0.573 e. The van der Waals surface area contributed by atoms with Crippen molar-refractivity contribution in [3.63, 3.8) is 0 Å². The van der Waals surface area contributed by atoms with Crippen LogP contribution in [0.1, 0.15) is 12.0 Å². The SMILES string of the molecule is FOc1ccccc1N1CCCS/C1=N\N=C\c1ccc(-c2ncn(-c3ccc(OC(F)(F)F)cc3)n2)cc1. The van der Waals surface area contributed by atoms with Crippen LogP contribution >= 0.6 is 11.8 Å². The second kappa shape index (κ2) is 11.6. The van der Waals surface area contributed by atoms with Crippen molar-refractivity contribution in [2.75, 3.05) is 17.2 Å². The van der Waals surface area contributed by atoms with Gasteiger partial charge in [-0.3, -0.25) is 4.94 Å². The first-order valence-electron chi connectivity index (χ1n) is 11.7. The Balaban J connectivity index is 1.26. The molecule has 1 aliphatic heterocycles. The lowest BCUT2D eigenvalue weighted by atomic mass is 10.1. The molecule has 1 aliphatic rings. The minimum Gasteiger partial charge on any atom is -0.406 e. The summed E-state index contributed by atoms with van der Waals surface area (Å²) in [5.41, 5.74) is 2.65. The smallest absolute Gasteiger partial charge is 0.406 e. The number of hydrogen-bond donors (Lipinski definition) is 0. The van der Waals surface area contributed by atoms with Crippen LogP contribution < -0.4 is 14.6 Å². The quantitative estimate of drug-likeness (QED) is 0.148. The Hall–Kier alpha value is -4.39. The Morgan fingerprint density at radius 1 is 0.974 bits per heavy atom. The molecule has 8 nitrogen and oxygen atoms in total. The summed E-state index contributed by atoms with van der Waals surface area (Å²) < 4.78 is 55.4. The predicted octanol–water partition coefficient (Wildman–Crippen LogP) is 6.43. The molecule has 200 valence electrons. The number of aromatic nitrogens is 3. The van der Waals surface area contributed by atoms with Crippen molar-refractivity contribution >= 4 is 28.8 Å². The zero-order chi connectivity index (χ0) is 27.2. The highest BCUT2D eigenvalue weighted by Crippen LogP contribution is 2.33. The van der Waals surface area contributed by atoms with Gasteiger partial charge in [-0.2, -0.15) is 5.10 Å². The molecular weight excluding hydrogens is 536 g/mol. The molecule has 0 radical (unpaired) electrons. The average Bonchev–Trinajstić information content (AvgIpc) is 3.44. The second-order valence-corrected chi connectivity index (χ2v) is 9.26. The van der Waals surface area contributed by atoms with Gasteiger partial charge in [-0.25, -0.2) is 9.67 Å². The lowest BCUT2D eigenvalue weighted by Gasteiger charge is -2.29. The van der Waals surface area contributed by atoms with Gasteiger partial charge in [-0.1, -0.05) is 48.2 Å². The van der Waals surface area contributed by atoms with Gasteiger partial charge in [0, 0.05) is 22.4 Å². The molecule has 0 bridgehead atoms. The molecule has 5 rings (SSSR count). The van der Waals surface area contributed by atoms with Gasteiger partial charge in [-0.15, -0.1) is 23.4 Å². The number of thioether (sulfide) groups is 1. The van der Waals surface area contributed by atoms with E-state index in [1.807, 2.05) is 29.2 Å². The number of benzene rings is 3. The summed E-state index contributed by atoms with van der Waals surface area (Å²) in [6.07, 6.45) is -0.756. The van der Waals surface area contributed by atoms with Crippen molar-refractivity contribution in [1.29, 1.82) is 0 Å². The molecule has 2 heterocycles. The van der Waals surface area contributed by atoms with Crippen molar-refractivity contribution in [2.24, 2.45) is 10.2 Å². The molecule has 0 unspecified atom stereocenters.